The molecule has 3 amide bonds. The van der Waals surface area contributed by atoms with Gasteiger partial charge in [-0.25, -0.2) is 14.4 Å². The molecule has 0 spiro atoms. The Morgan fingerprint density at radius 2 is 1.28 bits per heavy atom. The Hall–Kier alpha value is -5.06. The quantitative estimate of drug-likeness (QED) is 0.118. The molecule has 3 aromatic carbocycles. The van der Waals surface area contributed by atoms with E-state index in [1.54, 1.807) is 24.3 Å². The second-order valence-corrected chi connectivity index (χ2v) is 9.70. The first-order chi connectivity index (χ1) is 20.8. The molecule has 0 aliphatic rings. The van der Waals surface area contributed by atoms with Crippen molar-refractivity contribution in [3.63, 3.8) is 0 Å². The van der Waals surface area contributed by atoms with Gasteiger partial charge in [0.05, 0.1) is 7.11 Å². The smallest absolute Gasteiger partial charge is 0.408 e. The number of amides is 3. The number of hydrogen-bond acceptors (Lipinski definition) is 8. The van der Waals surface area contributed by atoms with Gasteiger partial charge in [0.2, 0.25) is 5.91 Å². The SMILES string of the molecule is COC(=O)[C@@H](Cc1ccc(O)cc1)NC(=O)[C@@H](CCCCNC(=O)OCc1ccccc1)NC(=O)OCc1ccccc1. The number of carbonyl (C=O) groups excluding carboxylic acids is 4. The van der Waals surface area contributed by atoms with Crippen LogP contribution in [0.25, 0.3) is 0 Å². The number of nitrogens with one attached hydrogen (secondary N) is 3. The fourth-order valence-corrected chi connectivity index (χ4v) is 4.09. The summed E-state index contributed by atoms with van der Waals surface area (Å²) in [6.45, 7) is 0.461. The van der Waals surface area contributed by atoms with Gasteiger partial charge in [-0.05, 0) is 48.1 Å². The van der Waals surface area contributed by atoms with E-state index in [1.807, 2.05) is 48.5 Å². The summed E-state index contributed by atoms with van der Waals surface area (Å²) in [7, 11) is 1.22. The van der Waals surface area contributed by atoms with Gasteiger partial charge in [0, 0.05) is 13.0 Å². The zero-order valence-corrected chi connectivity index (χ0v) is 24.0. The number of ether oxygens (including phenoxy) is 3. The Labute approximate surface area is 250 Å². The van der Waals surface area contributed by atoms with Crippen molar-refractivity contribution in [1.29, 1.82) is 0 Å². The first-order valence-corrected chi connectivity index (χ1v) is 13.9. The number of phenols is 1. The second-order valence-electron chi connectivity index (χ2n) is 9.70. The lowest BCUT2D eigenvalue weighted by atomic mass is 10.0. The van der Waals surface area contributed by atoms with Crippen molar-refractivity contribution in [2.24, 2.45) is 0 Å². The monoisotopic (exact) mass is 591 g/mol. The number of carbonyl (C=O) groups is 4. The average molecular weight is 592 g/mol. The molecule has 0 unspecified atom stereocenters. The Balaban J connectivity index is 1.55. The number of unbranched alkanes of at least 4 members (excludes halogenated alkanes) is 1. The van der Waals surface area contributed by atoms with E-state index in [9.17, 15) is 24.3 Å². The van der Waals surface area contributed by atoms with Gasteiger partial charge in [-0.2, -0.15) is 0 Å². The highest BCUT2D eigenvalue weighted by Gasteiger charge is 2.28. The minimum Gasteiger partial charge on any atom is -0.508 e. The molecule has 0 saturated heterocycles. The molecule has 11 heteroatoms. The van der Waals surface area contributed by atoms with Crippen LogP contribution in [0.15, 0.2) is 84.9 Å². The van der Waals surface area contributed by atoms with Crippen LogP contribution in [0.4, 0.5) is 9.59 Å². The van der Waals surface area contributed by atoms with E-state index in [0.29, 0.717) is 24.9 Å². The average Bonchev–Trinajstić information content (AvgIpc) is 3.03. The van der Waals surface area contributed by atoms with Gasteiger partial charge in [0.1, 0.15) is 31.0 Å². The number of alkyl carbamates (subject to hydrolysis) is 2. The van der Waals surface area contributed by atoms with E-state index >= 15 is 0 Å². The Morgan fingerprint density at radius 1 is 0.698 bits per heavy atom. The summed E-state index contributed by atoms with van der Waals surface area (Å²) in [5.74, 6) is -1.19. The highest BCUT2D eigenvalue weighted by atomic mass is 16.6. The van der Waals surface area contributed by atoms with Gasteiger partial charge < -0.3 is 35.3 Å². The number of hydrogen-bond donors (Lipinski definition) is 4. The molecular weight excluding hydrogens is 554 g/mol. The largest absolute Gasteiger partial charge is 0.508 e. The minimum atomic E-state index is -1.03. The number of methoxy groups -OCH3 is 1. The number of benzene rings is 3. The zero-order chi connectivity index (χ0) is 30.9. The van der Waals surface area contributed by atoms with Crippen LogP contribution in [-0.2, 0) is 43.4 Å². The highest BCUT2D eigenvalue weighted by molar-refractivity contribution is 5.89. The summed E-state index contributed by atoms with van der Waals surface area (Å²) in [6.07, 6.45) is -0.0786. The van der Waals surface area contributed by atoms with Crippen LogP contribution in [0.3, 0.4) is 0 Å². The third kappa shape index (κ3) is 12.1. The van der Waals surface area contributed by atoms with E-state index in [2.05, 4.69) is 16.0 Å². The van der Waals surface area contributed by atoms with E-state index in [4.69, 9.17) is 14.2 Å². The summed E-state index contributed by atoms with van der Waals surface area (Å²) in [4.78, 5) is 50.4. The Morgan fingerprint density at radius 3 is 1.86 bits per heavy atom. The normalized spacial score (nSPS) is 11.8. The van der Waals surface area contributed by atoms with Crippen molar-refractivity contribution in [1.82, 2.24) is 16.0 Å². The number of esters is 1. The molecule has 3 aromatic rings. The predicted molar refractivity (Wildman–Crippen MR) is 158 cm³/mol. The van der Waals surface area contributed by atoms with Crippen LogP contribution in [0.1, 0.15) is 36.0 Å². The summed E-state index contributed by atoms with van der Waals surface area (Å²) < 4.78 is 15.4. The molecule has 228 valence electrons. The van der Waals surface area contributed by atoms with E-state index in [0.717, 1.165) is 11.1 Å². The maximum Gasteiger partial charge on any atom is 0.408 e. The van der Waals surface area contributed by atoms with E-state index < -0.39 is 36.1 Å². The summed E-state index contributed by atoms with van der Waals surface area (Å²) >= 11 is 0. The van der Waals surface area contributed by atoms with Crippen LogP contribution >= 0.6 is 0 Å². The maximum absolute atomic E-state index is 13.3. The fraction of sp³-hybridized carbons (Fsp3) is 0.312. The van der Waals surface area contributed by atoms with Crippen molar-refractivity contribution in [3.8, 4) is 5.75 Å². The van der Waals surface area contributed by atoms with Crippen LogP contribution in [-0.4, -0.2) is 54.9 Å². The molecule has 11 nitrogen and oxygen atoms in total. The molecule has 0 heterocycles. The lowest BCUT2D eigenvalue weighted by molar-refractivity contribution is -0.145. The zero-order valence-electron chi connectivity index (χ0n) is 24.0. The van der Waals surface area contributed by atoms with E-state index in [1.165, 1.54) is 19.2 Å². The van der Waals surface area contributed by atoms with Crippen LogP contribution in [0.5, 0.6) is 5.75 Å². The van der Waals surface area contributed by atoms with Crippen LogP contribution in [0, 0.1) is 0 Å². The van der Waals surface area contributed by atoms with Gasteiger partial charge in [-0.15, -0.1) is 0 Å². The van der Waals surface area contributed by atoms with Crippen LogP contribution in [0.2, 0.25) is 0 Å². The molecule has 4 N–H and O–H groups in total. The van der Waals surface area contributed by atoms with Crippen molar-refractivity contribution in [3.05, 3.63) is 102 Å². The van der Waals surface area contributed by atoms with Crippen molar-refractivity contribution < 1.29 is 38.5 Å². The summed E-state index contributed by atoms with van der Waals surface area (Å²) in [5, 5.41) is 17.5. The lowest BCUT2D eigenvalue weighted by Gasteiger charge is -2.22. The van der Waals surface area contributed by atoms with Gasteiger partial charge in [-0.1, -0.05) is 72.8 Å². The lowest BCUT2D eigenvalue weighted by Crippen LogP contribution is -2.52. The van der Waals surface area contributed by atoms with Crippen molar-refractivity contribution in [2.75, 3.05) is 13.7 Å². The minimum absolute atomic E-state index is 0.0155. The van der Waals surface area contributed by atoms with E-state index in [-0.39, 0.29) is 31.8 Å². The molecule has 0 aromatic heterocycles. The first-order valence-electron chi connectivity index (χ1n) is 13.9. The van der Waals surface area contributed by atoms with Crippen molar-refractivity contribution >= 4 is 24.1 Å². The Kier molecular flexibility index (Phi) is 13.3. The van der Waals surface area contributed by atoms with Gasteiger partial charge in [0.25, 0.3) is 0 Å². The molecular formula is C32H37N3O8. The molecule has 0 bridgehead atoms. The molecule has 3 rings (SSSR count). The molecule has 2 atom stereocenters. The molecule has 0 saturated carbocycles. The number of phenolic OH excluding ortho intramolecular Hbond substituents is 1. The summed E-state index contributed by atoms with van der Waals surface area (Å²) in [6, 6.07) is 22.5. The van der Waals surface area contributed by atoms with Crippen molar-refractivity contribution in [2.45, 2.75) is 51.0 Å². The van der Waals surface area contributed by atoms with Crippen LogP contribution < -0.4 is 16.0 Å². The summed E-state index contributed by atoms with van der Waals surface area (Å²) in [5.41, 5.74) is 2.33. The highest BCUT2D eigenvalue weighted by Crippen LogP contribution is 2.13. The molecule has 0 fully saturated rings. The van der Waals surface area contributed by atoms with Gasteiger partial charge in [0.15, 0.2) is 0 Å². The second kappa shape index (κ2) is 17.7. The number of rotatable bonds is 15. The standard InChI is InChI=1S/C32H37N3O8/c1-41-30(38)28(20-23-15-17-26(36)18-16-23)34-29(37)27(35-32(40)43-22-25-12-6-3-7-13-25)14-8-9-19-33-31(39)42-21-24-10-4-2-5-11-24/h2-7,10-13,15-18,27-28,36H,8-9,14,19-22H2,1H3,(H,33,39)(H,34,37)(H,35,40)/t27-,28-/m1/s1. The first kappa shape index (κ1) is 32.5. The van der Waals surface area contributed by atoms with Gasteiger partial charge >= 0.3 is 18.2 Å². The molecule has 43 heavy (non-hydrogen) atoms. The topological polar surface area (TPSA) is 152 Å². The number of aromatic hydroxyl groups is 1. The predicted octanol–water partition coefficient (Wildman–Crippen LogP) is 3.98. The maximum atomic E-state index is 13.3. The molecule has 0 aliphatic carbocycles. The third-order valence-corrected chi connectivity index (χ3v) is 6.40. The molecule has 0 radical (unpaired) electrons. The Bertz CT molecular complexity index is 1300. The van der Waals surface area contributed by atoms with Gasteiger partial charge in [-0.3, -0.25) is 4.79 Å². The fourth-order valence-electron chi connectivity index (χ4n) is 4.09. The third-order valence-electron chi connectivity index (χ3n) is 6.40. The molecule has 0 aliphatic heterocycles.